The van der Waals surface area contributed by atoms with E-state index in [1.165, 1.54) is 5.56 Å². The zero-order valence-corrected chi connectivity index (χ0v) is 26.0. The Morgan fingerprint density at radius 1 is 0.617 bits per heavy atom. The van der Waals surface area contributed by atoms with E-state index in [1.807, 2.05) is 60.8 Å². The molecule has 4 heterocycles. The SMILES string of the molecule is CC(C)c1cc2c3c(c1)Oc1ccc(-c4ccc(-c5ccccc5)cn4)cc1B3c1cc(Oc3nccc4ccccc34)ccc1O2. The van der Waals surface area contributed by atoms with E-state index < -0.39 is 0 Å². The smallest absolute Gasteiger partial charge is 0.260 e. The molecule has 47 heavy (non-hydrogen) atoms. The number of benzene rings is 5. The van der Waals surface area contributed by atoms with Crippen LogP contribution in [0.3, 0.4) is 0 Å². The molecule has 0 aliphatic carbocycles. The van der Waals surface area contributed by atoms with Gasteiger partial charge in [0.05, 0.1) is 5.69 Å². The number of rotatable bonds is 5. The quantitative estimate of drug-likeness (QED) is 0.183. The van der Waals surface area contributed by atoms with Crippen molar-refractivity contribution >= 4 is 33.9 Å². The third kappa shape index (κ3) is 4.72. The first kappa shape index (κ1) is 27.4. The maximum Gasteiger partial charge on any atom is 0.260 e. The van der Waals surface area contributed by atoms with Gasteiger partial charge in [-0.05, 0) is 99.6 Å². The third-order valence-corrected chi connectivity index (χ3v) is 9.15. The molecule has 0 radical (unpaired) electrons. The lowest BCUT2D eigenvalue weighted by molar-refractivity contribution is 0.456. The minimum Gasteiger partial charge on any atom is -0.458 e. The van der Waals surface area contributed by atoms with Crippen LogP contribution in [0.25, 0.3) is 33.2 Å². The molecular formula is C41H29BN2O3. The van der Waals surface area contributed by atoms with Crippen molar-refractivity contribution in [2.75, 3.05) is 0 Å². The Bertz CT molecular complexity index is 2300. The zero-order valence-electron chi connectivity index (χ0n) is 26.0. The second kappa shape index (κ2) is 10.9. The summed E-state index contributed by atoms with van der Waals surface area (Å²) in [7, 11) is 0. The Morgan fingerprint density at radius 2 is 1.34 bits per heavy atom. The molecule has 2 aliphatic heterocycles. The molecular weight excluding hydrogens is 579 g/mol. The molecule has 224 valence electrons. The van der Waals surface area contributed by atoms with Crippen molar-refractivity contribution in [3.05, 3.63) is 139 Å². The summed E-state index contributed by atoms with van der Waals surface area (Å²) < 4.78 is 19.7. The molecule has 0 spiro atoms. The lowest BCUT2D eigenvalue weighted by atomic mass is 9.34. The highest BCUT2D eigenvalue weighted by atomic mass is 16.5. The van der Waals surface area contributed by atoms with Gasteiger partial charge in [0.1, 0.15) is 28.7 Å². The predicted octanol–water partition coefficient (Wildman–Crippen LogP) is 8.61. The highest BCUT2D eigenvalue weighted by Gasteiger charge is 2.41. The van der Waals surface area contributed by atoms with Gasteiger partial charge in [0, 0.05) is 28.8 Å². The third-order valence-electron chi connectivity index (χ3n) is 9.15. The first-order valence-corrected chi connectivity index (χ1v) is 15.9. The van der Waals surface area contributed by atoms with Crippen LogP contribution in [-0.2, 0) is 0 Å². The van der Waals surface area contributed by atoms with Gasteiger partial charge in [0.2, 0.25) is 5.88 Å². The summed E-state index contributed by atoms with van der Waals surface area (Å²) in [5.74, 6) is 4.87. The Kier molecular flexibility index (Phi) is 6.35. The fourth-order valence-electron chi connectivity index (χ4n) is 6.71. The van der Waals surface area contributed by atoms with Crippen molar-refractivity contribution in [1.29, 1.82) is 0 Å². The van der Waals surface area contributed by atoms with Gasteiger partial charge >= 0.3 is 0 Å². The summed E-state index contributed by atoms with van der Waals surface area (Å²) in [4.78, 5) is 9.44. The van der Waals surface area contributed by atoms with Crippen molar-refractivity contribution < 1.29 is 14.2 Å². The molecule has 0 N–H and O–H groups in total. The second-order valence-corrected chi connectivity index (χ2v) is 12.4. The summed E-state index contributed by atoms with van der Waals surface area (Å²) in [6, 6.07) is 41.4. The van der Waals surface area contributed by atoms with Crippen molar-refractivity contribution in [3.63, 3.8) is 0 Å². The monoisotopic (exact) mass is 608 g/mol. The molecule has 0 saturated carbocycles. The Morgan fingerprint density at radius 3 is 2.11 bits per heavy atom. The first-order valence-electron chi connectivity index (χ1n) is 15.9. The summed E-state index contributed by atoms with van der Waals surface area (Å²) in [6.07, 6.45) is 3.72. The van der Waals surface area contributed by atoms with E-state index in [1.54, 1.807) is 6.20 Å². The maximum absolute atomic E-state index is 6.63. The van der Waals surface area contributed by atoms with Crippen LogP contribution >= 0.6 is 0 Å². The van der Waals surface area contributed by atoms with Crippen LogP contribution in [0.5, 0.6) is 34.6 Å². The van der Waals surface area contributed by atoms with E-state index in [9.17, 15) is 0 Å². The van der Waals surface area contributed by atoms with Crippen LogP contribution in [0.1, 0.15) is 25.3 Å². The van der Waals surface area contributed by atoms with Gasteiger partial charge in [-0.2, -0.15) is 0 Å². The number of nitrogens with zero attached hydrogens (tertiary/aromatic N) is 2. The Labute approximate surface area is 273 Å². The molecule has 2 aromatic heterocycles. The van der Waals surface area contributed by atoms with Crippen molar-refractivity contribution in [2.24, 2.45) is 0 Å². The number of hydrogen-bond acceptors (Lipinski definition) is 5. The summed E-state index contributed by atoms with van der Waals surface area (Å²) in [5, 5.41) is 2.04. The molecule has 0 unspecified atom stereocenters. The van der Waals surface area contributed by atoms with Gasteiger partial charge in [-0.25, -0.2) is 4.98 Å². The summed E-state index contributed by atoms with van der Waals surface area (Å²) in [6.45, 7) is 4.25. The molecule has 0 amide bonds. The topological polar surface area (TPSA) is 53.5 Å². The first-order chi connectivity index (χ1) is 23.1. The average Bonchev–Trinajstić information content (AvgIpc) is 3.12. The molecule has 6 heteroatoms. The van der Waals surface area contributed by atoms with E-state index in [0.717, 1.165) is 72.5 Å². The zero-order chi connectivity index (χ0) is 31.5. The molecule has 0 saturated heterocycles. The van der Waals surface area contributed by atoms with Gasteiger partial charge < -0.3 is 14.2 Å². The van der Waals surface area contributed by atoms with Gasteiger partial charge in [0.25, 0.3) is 6.71 Å². The van der Waals surface area contributed by atoms with Gasteiger partial charge in [-0.3, -0.25) is 4.98 Å². The lowest BCUT2D eigenvalue weighted by Crippen LogP contribution is -2.57. The highest BCUT2D eigenvalue weighted by molar-refractivity contribution is 6.98. The van der Waals surface area contributed by atoms with E-state index in [4.69, 9.17) is 19.2 Å². The number of hydrogen-bond donors (Lipinski definition) is 0. The van der Waals surface area contributed by atoms with Gasteiger partial charge in [0.15, 0.2) is 0 Å². The number of fused-ring (bicyclic) bond motifs is 5. The van der Waals surface area contributed by atoms with Crippen LogP contribution in [-0.4, -0.2) is 16.7 Å². The van der Waals surface area contributed by atoms with Crippen molar-refractivity contribution in [2.45, 2.75) is 19.8 Å². The second-order valence-electron chi connectivity index (χ2n) is 12.4. The molecule has 5 aromatic carbocycles. The predicted molar refractivity (Wildman–Crippen MR) is 189 cm³/mol. The van der Waals surface area contributed by atoms with Crippen LogP contribution in [0.15, 0.2) is 134 Å². The molecule has 0 atom stereocenters. The van der Waals surface area contributed by atoms with Crippen LogP contribution in [0, 0.1) is 0 Å². The van der Waals surface area contributed by atoms with Gasteiger partial charge in [-0.15, -0.1) is 0 Å². The minimum atomic E-state index is -0.124. The molecule has 2 aliphatic rings. The molecule has 0 fully saturated rings. The molecule has 0 bridgehead atoms. The molecule has 9 rings (SSSR count). The Balaban J connectivity index is 1.16. The Hall–Kier alpha value is -5.88. The molecule has 5 nitrogen and oxygen atoms in total. The largest absolute Gasteiger partial charge is 0.458 e. The highest BCUT2D eigenvalue weighted by Crippen LogP contribution is 2.39. The number of aromatic nitrogens is 2. The maximum atomic E-state index is 6.63. The molecule has 7 aromatic rings. The average molecular weight is 609 g/mol. The van der Waals surface area contributed by atoms with Crippen molar-refractivity contribution in [1.82, 2.24) is 9.97 Å². The van der Waals surface area contributed by atoms with E-state index in [0.29, 0.717) is 17.5 Å². The van der Waals surface area contributed by atoms with E-state index >= 15 is 0 Å². The fraction of sp³-hybridized carbons (Fsp3) is 0.0732. The summed E-state index contributed by atoms with van der Waals surface area (Å²) in [5.41, 5.74) is 8.43. The normalized spacial score (nSPS) is 12.5. The van der Waals surface area contributed by atoms with Crippen LogP contribution in [0.4, 0.5) is 0 Å². The van der Waals surface area contributed by atoms with E-state index in [-0.39, 0.29) is 6.71 Å². The van der Waals surface area contributed by atoms with Crippen LogP contribution in [0.2, 0.25) is 0 Å². The van der Waals surface area contributed by atoms with Crippen molar-refractivity contribution in [3.8, 4) is 57.0 Å². The standard InChI is InChI=1S/C41H29BN2O3/c1-25(2)30-21-38-40-39(22-30)47-37-17-14-31(45-41-32-11-7-6-10-27(32)18-19-43-41)23-34(37)42(40)33-20-28(13-16-36(33)46-38)35-15-12-29(24-44-35)26-8-4-3-5-9-26/h3-25H,1-2H3. The summed E-state index contributed by atoms with van der Waals surface area (Å²) >= 11 is 0. The number of pyridine rings is 2. The fourth-order valence-corrected chi connectivity index (χ4v) is 6.71. The van der Waals surface area contributed by atoms with E-state index in [2.05, 4.69) is 85.6 Å². The van der Waals surface area contributed by atoms with Gasteiger partial charge in [-0.1, -0.05) is 74.5 Å². The minimum absolute atomic E-state index is 0.124. The van der Waals surface area contributed by atoms with Crippen LogP contribution < -0.4 is 30.6 Å². The lowest BCUT2D eigenvalue weighted by Gasteiger charge is -2.34. The number of ether oxygens (including phenoxy) is 3.